The zero-order valence-corrected chi connectivity index (χ0v) is 11.1. The fourth-order valence-corrected chi connectivity index (χ4v) is 1.91. The first-order valence-electron chi connectivity index (χ1n) is 6.41. The molecule has 0 aliphatic carbocycles. The van der Waals surface area contributed by atoms with Gasteiger partial charge in [0, 0.05) is 12.1 Å². The molecule has 1 N–H and O–H groups in total. The van der Waals surface area contributed by atoms with Gasteiger partial charge in [0.25, 0.3) is 5.91 Å². The molecule has 0 bridgehead atoms. The molecule has 0 heterocycles. The molecular formula is C17H18NO. The summed E-state index contributed by atoms with van der Waals surface area (Å²) in [7, 11) is 0. The van der Waals surface area contributed by atoms with Crippen molar-refractivity contribution in [1.29, 1.82) is 0 Å². The van der Waals surface area contributed by atoms with Crippen molar-refractivity contribution in [2.24, 2.45) is 0 Å². The summed E-state index contributed by atoms with van der Waals surface area (Å²) in [6.45, 7) is 6.42. The fourth-order valence-electron chi connectivity index (χ4n) is 1.91. The molecule has 0 saturated heterocycles. The predicted molar refractivity (Wildman–Crippen MR) is 77.9 cm³/mol. The number of carbonyl (C=O) groups excluding carboxylic acids is 1. The van der Waals surface area contributed by atoms with Crippen molar-refractivity contribution >= 4 is 5.91 Å². The van der Waals surface area contributed by atoms with Crippen molar-refractivity contribution in [2.75, 3.05) is 0 Å². The van der Waals surface area contributed by atoms with Crippen LogP contribution in [0.4, 0.5) is 0 Å². The molecule has 0 atom stereocenters. The van der Waals surface area contributed by atoms with E-state index in [4.69, 9.17) is 0 Å². The van der Waals surface area contributed by atoms with E-state index in [0.29, 0.717) is 12.1 Å². The van der Waals surface area contributed by atoms with Crippen LogP contribution in [0.25, 0.3) is 0 Å². The van der Waals surface area contributed by atoms with Crippen LogP contribution in [0.3, 0.4) is 0 Å². The van der Waals surface area contributed by atoms with Crippen molar-refractivity contribution in [1.82, 2.24) is 5.32 Å². The Bertz CT molecular complexity index is 558. The number of aryl methyl sites for hydroxylation is 1. The molecule has 0 unspecified atom stereocenters. The molecular weight excluding hydrogens is 234 g/mol. The Kier molecular flexibility index (Phi) is 4.35. The highest BCUT2D eigenvalue weighted by Gasteiger charge is 2.05. The van der Waals surface area contributed by atoms with Gasteiger partial charge in [-0.1, -0.05) is 36.4 Å². The summed E-state index contributed by atoms with van der Waals surface area (Å²) in [5, 5.41) is 2.94. The number of carbonyl (C=O) groups is 1. The molecule has 1 amide bonds. The topological polar surface area (TPSA) is 29.1 Å². The normalized spacial score (nSPS) is 10.2. The maximum Gasteiger partial charge on any atom is 0.251 e. The van der Waals surface area contributed by atoms with Crippen LogP contribution < -0.4 is 5.32 Å². The van der Waals surface area contributed by atoms with Crippen LogP contribution in [0.5, 0.6) is 0 Å². The second kappa shape index (κ2) is 6.19. The number of hydrogen-bond donors (Lipinski definition) is 1. The number of nitrogens with one attached hydrogen (secondary N) is 1. The standard InChI is InChI=1S/C17H18NO/c1-3-14-8-10-15(11-9-14)17(19)18-12-16-7-5-4-6-13(16)2/h4-11H,1,3,12H2,2H3,(H,18,19). The quantitative estimate of drug-likeness (QED) is 0.888. The highest BCUT2D eigenvalue weighted by Crippen LogP contribution is 2.08. The van der Waals surface area contributed by atoms with E-state index in [1.165, 1.54) is 5.56 Å². The number of rotatable bonds is 4. The first kappa shape index (κ1) is 13.3. The van der Waals surface area contributed by atoms with Gasteiger partial charge in [-0.3, -0.25) is 4.79 Å². The molecule has 0 fully saturated rings. The minimum absolute atomic E-state index is 0.0427. The van der Waals surface area contributed by atoms with Gasteiger partial charge in [0.05, 0.1) is 0 Å². The Hall–Kier alpha value is -2.09. The summed E-state index contributed by atoms with van der Waals surface area (Å²) in [4.78, 5) is 12.0. The highest BCUT2D eigenvalue weighted by molar-refractivity contribution is 5.94. The van der Waals surface area contributed by atoms with Gasteiger partial charge in [0.2, 0.25) is 0 Å². The molecule has 0 aliphatic heterocycles. The molecule has 2 aromatic rings. The van der Waals surface area contributed by atoms with Gasteiger partial charge in [-0.2, -0.15) is 0 Å². The van der Waals surface area contributed by atoms with E-state index in [9.17, 15) is 4.79 Å². The average Bonchev–Trinajstić information content (AvgIpc) is 2.46. The molecule has 19 heavy (non-hydrogen) atoms. The molecule has 2 heteroatoms. The third-order valence-corrected chi connectivity index (χ3v) is 3.21. The van der Waals surface area contributed by atoms with Gasteiger partial charge in [0.1, 0.15) is 0 Å². The van der Waals surface area contributed by atoms with E-state index < -0.39 is 0 Å². The largest absolute Gasteiger partial charge is 0.348 e. The Morgan fingerprint density at radius 2 is 1.79 bits per heavy atom. The van der Waals surface area contributed by atoms with Crippen molar-refractivity contribution in [3.8, 4) is 0 Å². The highest BCUT2D eigenvalue weighted by atomic mass is 16.1. The summed E-state index contributed by atoms with van der Waals surface area (Å²) < 4.78 is 0. The summed E-state index contributed by atoms with van der Waals surface area (Å²) in [6.07, 6.45) is 0.741. The van der Waals surface area contributed by atoms with Gasteiger partial charge in [-0.15, -0.1) is 0 Å². The maximum atomic E-state index is 12.0. The number of amides is 1. The van der Waals surface area contributed by atoms with E-state index in [-0.39, 0.29) is 5.91 Å². The van der Waals surface area contributed by atoms with Crippen molar-refractivity contribution in [3.63, 3.8) is 0 Å². The van der Waals surface area contributed by atoms with Crippen LogP contribution in [0.1, 0.15) is 27.0 Å². The SMILES string of the molecule is [CH2]Cc1ccc(C(=O)NCc2ccccc2C)cc1. The lowest BCUT2D eigenvalue weighted by atomic mass is 10.1. The van der Waals surface area contributed by atoms with Crippen LogP contribution in [0.2, 0.25) is 0 Å². The average molecular weight is 252 g/mol. The predicted octanol–water partition coefficient (Wildman–Crippen LogP) is 3.30. The zero-order chi connectivity index (χ0) is 13.7. The van der Waals surface area contributed by atoms with Crippen molar-refractivity contribution < 1.29 is 4.79 Å². The van der Waals surface area contributed by atoms with E-state index in [2.05, 4.69) is 12.2 Å². The third kappa shape index (κ3) is 3.44. The van der Waals surface area contributed by atoms with Crippen molar-refractivity contribution in [2.45, 2.75) is 19.9 Å². The smallest absolute Gasteiger partial charge is 0.251 e. The van der Waals surface area contributed by atoms with Crippen LogP contribution in [0, 0.1) is 13.8 Å². The minimum Gasteiger partial charge on any atom is -0.348 e. The second-order valence-corrected chi connectivity index (χ2v) is 4.56. The zero-order valence-electron chi connectivity index (χ0n) is 11.1. The molecule has 2 nitrogen and oxygen atoms in total. The van der Waals surface area contributed by atoms with Gasteiger partial charge in [0.15, 0.2) is 0 Å². The van der Waals surface area contributed by atoms with Gasteiger partial charge < -0.3 is 5.32 Å². The summed E-state index contributed by atoms with van der Waals surface area (Å²) in [6, 6.07) is 15.6. The fraction of sp³-hybridized carbons (Fsp3) is 0.176. The summed E-state index contributed by atoms with van der Waals surface area (Å²) in [5.74, 6) is -0.0427. The maximum absolute atomic E-state index is 12.0. The van der Waals surface area contributed by atoms with E-state index in [1.807, 2.05) is 55.5 Å². The van der Waals surface area contributed by atoms with E-state index >= 15 is 0 Å². The third-order valence-electron chi connectivity index (χ3n) is 3.21. The molecule has 0 aromatic heterocycles. The Morgan fingerprint density at radius 1 is 1.11 bits per heavy atom. The van der Waals surface area contributed by atoms with Crippen LogP contribution >= 0.6 is 0 Å². The van der Waals surface area contributed by atoms with Crippen molar-refractivity contribution in [3.05, 3.63) is 77.7 Å². The number of benzene rings is 2. The second-order valence-electron chi connectivity index (χ2n) is 4.56. The van der Waals surface area contributed by atoms with E-state index in [0.717, 1.165) is 17.5 Å². The molecule has 0 saturated carbocycles. The van der Waals surface area contributed by atoms with Gasteiger partial charge in [-0.25, -0.2) is 0 Å². The molecule has 97 valence electrons. The lowest BCUT2D eigenvalue weighted by molar-refractivity contribution is 0.0951. The van der Waals surface area contributed by atoms with Gasteiger partial charge >= 0.3 is 0 Å². The van der Waals surface area contributed by atoms with Crippen LogP contribution in [-0.2, 0) is 13.0 Å². The first-order chi connectivity index (χ1) is 9.20. The van der Waals surface area contributed by atoms with E-state index in [1.54, 1.807) is 0 Å². The lowest BCUT2D eigenvalue weighted by Crippen LogP contribution is -2.23. The Morgan fingerprint density at radius 3 is 2.42 bits per heavy atom. The molecule has 1 radical (unpaired) electrons. The Balaban J connectivity index is 1.99. The molecule has 0 spiro atoms. The summed E-state index contributed by atoms with van der Waals surface area (Å²) >= 11 is 0. The van der Waals surface area contributed by atoms with Gasteiger partial charge in [-0.05, 0) is 49.1 Å². The lowest BCUT2D eigenvalue weighted by Gasteiger charge is -2.08. The molecule has 0 aliphatic rings. The van der Waals surface area contributed by atoms with Crippen LogP contribution in [0.15, 0.2) is 48.5 Å². The molecule has 2 rings (SSSR count). The minimum atomic E-state index is -0.0427. The molecule has 2 aromatic carbocycles. The first-order valence-corrected chi connectivity index (χ1v) is 6.41. The number of hydrogen-bond acceptors (Lipinski definition) is 1. The summed E-state index contributed by atoms with van der Waals surface area (Å²) in [5.41, 5.74) is 4.15. The Labute approximate surface area is 114 Å². The monoisotopic (exact) mass is 252 g/mol. The van der Waals surface area contributed by atoms with Crippen LogP contribution in [-0.4, -0.2) is 5.91 Å².